The van der Waals surface area contributed by atoms with Crippen LogP contribution in [-0.2, 0) is 6.18 Å². The minimum Gasteiger partial charge on any atom is -0.489 e. The molecule has 0 unspecified atom stereocenters. The van der Waals surface area contributed by atoms with Crippen LogP contribution >= 0.6 is 0 Å². The molecule has 0 bridgehead atoms. The van der Waals surface area contributed by atoms with E-state index in [1.54, 1.807) is 20.8 Å². The molecule has 2 rings (SSSR count). The Morgan fingerprint density at radius 2 is 1.84 bits per heavy atom. The molecule has 106 valence electrons. The highest BCUT2D eigenvalue weighted by molar-refractivity contribution is 5.36. The van der Waals surface area contributed by atoms with Gasteiger partial charge in [0, 0.05) is 0 Å². The highest BCUT2D eigenvalue weighted by Crippen LogP contribution is 2.39. The summed E-state index contributed by atoms with van der Waals surface area (Å²) in [6.07, 6.45) is -1.47. The Balaban J connectivity index is 2.30. The topological polar surface area (TPSA) is 31.4 Å². The standard InChI is InChI=1S/C13H16F3NO2/c1-12(2,3)19-11-10(13(14,15)16)6-9(7-17-11)18-8-4-5-8/h6-8H,4-5H2,1-3H3. The van der Waals surface area contributed by atoms with E-state index >= 15 is 0 Å². The number of ether oxygens (including phenoxy) is 2. The Hall–Kier alpha value is -1.46. The third-order valence-corrected chi connectivity index (χ3v) is 2.36. The molecule has 0 saturated heterocycles. The van der Waals surface area contributed by atoms with Crippen LogP contribution in [0.2, 0.25) is 0 Å². The molecular formula is C13H16F3NO2. The summed E-state index contributed by atoms with van der Waals surface area (Å²) in [5.74, 6) is -0.278. The second-order valence-corrected chi connectivity index (χ2v) is 5.55. The molecule has 0 aliphatic heterocycles. The van der Waals surface area contributed by atoms with E-state index in [1.165, 1.54) is 6.20 Å². The number of rotatable bonds is 3. The molecule has 19 heavy (non-hydrogen) atoms. The Bertz CT molecular complexity index is 462. The molecule has 0 N–H and O–H groups in total. The molecule has 0 spiro atoms. The monoisotopic (exact) mass is 275 g/mol. The van der Waals surface area contributed by atoms with Crippen LogP contribution in [0, 0.1) is 0 Å². The number of halogens is 3. The first-order valence-electron chi connectivity index (χ1n) is 6.08. The van der Waals surface area contributed by atoms with Crippen molar-refractivity contribution >= 4 is 0 Å². The van der Waals surface area contributed by atoms with Crippen molar-refractivity contribution < 1.29 is 22.6 Å². The zero-order valence-corrected chi connectivity index (χ0v) is 11.0. The Morgan fingerprint density at radius 3 is 2.32 bits per heavy atom. The highest BCUT2D eigenvalue weighted by atomic mass is 19.4. The minimum absolute atomic E-state index is 0.0252. The van der Waals surface area contributed by atoms with Crippen LogP contribution in [0.1, 0.15) is 39.2 Å². The lowest BCUT2D eigenvalue weighted by Crippen LogP contribution is -2.25. The number of aromatic nitrogens is 1. The SMILES string of the molecule is CC(C)(C)Oc1ncc(OC2CC2)cc1C(F)(F)F. The van der Waals surface area contributed by atoms with E-state index < -0.39 is 23.2 Å². The molecule has 0 amide bonds. The van der Waals surface area contributed by atoms with Crippen molar-refractivity contribution in [2.45, 2.75) is 51.5 Å². The van der Waals surface area contributed by atoms with Crippen LogP contribution in [0.4, 0.5) is 13.2 Å². The number of hydrogen-bond donors (Lipinski definition) is 0. The molecule has 1 aromatic rings. The predicted octanol–water partition coefficient (Wildman–Crippen LogP) is 3.82. The molecule has 1 aromatic heterocycles. The molecule has 6 heteroatoms. The average Bonchev–Trinajstić information content (AvgIpc) is 3.00. The lowest BCUT2D eigenvalue weighted by atomic mass is 10.2. The number of hydrogen-bond acceptors (Lipinski definition) is 3. The first-order chi connectivity index (χ1) is 8.65. The van der Waals surface area contributed by atoms with Gasteiger partial charge in [-0.25, -0.2) is 4.98 Å². The summed E-state index contributed by atoms with van der Waals surface area (Å²) in [6, 6.07) is 0.951. The van der Waals surface area contributed by atoms with Crippen molar-refractivity contribution in [3.63, 3.8) is 0 Å². The molecule has 0 aromatic carbocycles. The number of pyridine rings is 1. The van der Waals surface area contributed by atoms with Gasteiger partial charge in [-0.05, 0) is 39.7 Å². The van der Waals surface area contributed by atoms with Gasteiger partial charge >= 0.3 is 6.18 Å². The largest absolute Gasteiger partial charge is 0.489 e. The van der Waals surface area contributed by atoms with Crippen molar-refractivity contribution in [2.24, 2.45) is 0 Å². The van der Waals surface area contributed by atoms with E-state index in [2.05, 4.69) is 4.98 Å². The summed E-state index contributed by atoms with van der Waals surface area (Å²) in [4.78, 5) is 3.74. The van der Waals surface area contributed by atoms with Crippen LogP contribution in [0.5, 0.6) is 11.6 Å². The third kappa shape index (κ3) is 4.01. The minimum atomic E-state index is -4.52. The fraction of sp³-hybridized carbons (Fsp3) is 0.615. The first kappa shape index (κ1) is 14.0. The number of alkyl halides is 3. The fourth-order valence-electron chi connectivity index (χ4n) is 1.45. The smallest absolute Gasteiger partial charge is 0.421 e. The van der Waals surface area contributed by atoms with Gasteiger partial charge in [0.1, 0.15) is 16.9 Å². The summed E-state index contributed by atoms with van der Waals surface area (Å²) in [6.45, 7) is 5.01. The maximum atomic E-state index is 13.0. The Labute approximate surface area is 109 Å². The van der Waals surface area contributed by atoms with E-state index in [9.17, 15) is 13.2 Å². The average molecular weight is 275 g/mol. The molecule has 0 atom stereocenters. The summed E-state index contributed by atoms with van der Waals surface area (Å²) in [7, 11) is 0. The first-order valence-corrected chi connectivity index (χ1v) is 6.08. The summed E-state index contributed by atoms with van der Waals surface area (Å²) in [5.41, 5.74) is -1.65. The Morgan fingerprint density at radius 1 is 1.21 bits per heavy atom. The second kappa shape index (κ2) is 4.58. The Kier molecular flexibility index (Phi) is 3.36. The van der Waals surface area contributed by atoms with Crippen molar-refractivity contribution in [1.29, 1.82) is 0 Å². The second-order valence-electron chi connectivity index (χ2n) is 5.55. The van der Waals surface area contributed by atoms with Gasteiger partial charge in [-0.2, -0.15) is 13.2 Å². The lowest BCUT2D eigenvalue weighted by molar-refractivity contribution is -0.140. The molecule has 3 nitrogen and oxygen atoms in total. The van der Waals surface area contributed by atoms with Crippen molar-refractivity contribution in [3.8, 4) is 11.6 Å². The lowest BCUT2D eigenvalue weighted by Gasteiger charge is -2.23. The van der Waals surface area contributed by atoms with E-state index in [0.717, 1.165) is 18.9 Å². The van der Waals surface area contributed by atoms with Crippen LogP contribution in [0.25, 0.3) is 0 Å². The molecule has 1 aliphatic rings. The van der Waals surface area contributed by atoms with E-state index in [1.807, 2.05) is 0 Å². The van der Waals surface area contributed by atoms with Crippen LogP contribution in [0.15, 0.2) is 12.3 Å². The quantitative estimate of drug-likeness (QED) is 0.840. The van der Waals surface area contributed by atoms with Crippen LogP contribution < -0.4 is 9.47 Å². The van der Waals surface area contributed by atoms with Crippen molar-refractivity contribution in [1.82, 2.24) is 4.98 Å². The number of nitrogens with zero attached hydrogens (tertiary/aromatic N) is 1. The van der Waals surface area contributed by atoms with Gasteiger partial charge in [-0.3, -0.25) is 0 Å². The predicted molar refractivity (Wildman–Crippen MR) is 63.3 cm³/mol. The van der Waals surface area contributed by atoms with Crippen molar-refractivity contribution in [2.75, 3.05) is 0 Å². The van der Waals surface area contributed by atoms with Crippen LogP contribution in [0.3, 0.4) is 0 Å². The zero-order valence-electron chi connectivity index (χ0n) is 11.0. The zero-order chi connectivity index (χ0) is 14.3. The molecule has 1 aliphatic carbocycles. The van der Waals surface area contributed by atoms with Gasteiger partial charge in [0.25, 0.3) is 0 Å². The highest BCUT2D eigenvalue weighted by Gasteiger charge is 2.37. The molecule has 0 radical (unpaired) electrons. The van der Waals surface area contributed by atoms with Gasteiger partial charge in [-0.1, -0.05) is 0 Å². The summed E-state index contributed by atoms with van der Waals surface area (Å²) < 4.78 is 49.5. The van der Waals surface area contributed by atoms with Gasteiger partial charge in [0.2, 0.25) is 5.88 Å². The maximum absolute atomic E-state index is 13.0. The van der Waals surface area contributed by atoms with Gasteiger partial charge in [-0.15, -0.1) is 0 Å². The maximum Gasteiger partial charge on any atom is 0.421 e. The molecular weight excluding hydrogens is 259 g/mol. The van der Waals surface area contributed by atoms with E-state index in [4.69, 9.17) is 9.47 Å². The van der Waals surface area contributed by atoms with Gasteiger partial charge < -0.3 is 9.47 Å². The van der Waals surface area contributed by atoms with Crippen LogP contribution in [-0.4, -0.2) is 16.7 Å². The van der Waals surface area contributed by atoms with Gasteiger partial charge in [0.15, 0.2) is 0 Å². The van der Waals surface area contributed by atoms with Crippen molar-refractivity contribution in [3.05, 3.63) is 17.8 Å². The molecule has 1 fully saturated rings. The van der Waals surface area contributed by atoms with E-state index in [-0.39, 0.29) is 11.9 Å². The molecule has 1 saturated carbocycles. The third-order valence-electron chi connectivity index (χ3n) is 2.36. The summed E-state index contributed by atoms with van der Waals surface area (Å²) >= 11 is 0. The van der Waals surface area contributed by atoms with Gasteiger partial charge in [0.05, 0.1) is 12.3 Å². The summed E-state index contributed by atoms with van der Waals surface area (Å²) in [5, 5.41) is 0. The normalized spacial score (nSPS) is 16.3. The van der Waals surface area contributed by atoms with E-state index in [0.29, 0.717) is 0 Å². The fourth-order valence-corrected chi connectivity index (χ4v) is 1.45. The molecule has 1 heterocycles.